The highest BCUT2D eigenvalue weighted by Crippen LogP contribution is 2.24. The van der Waals surface area contributed by atoms with Crippen LogP contribution in [0, 0.1) is 6.92 Å². The topological polar surface area (TPSA) is 32.3 Å². The number of aliphatic hydroxyl groups is 1. The first-order chi connectivity index (χ1) is 6.59. The van der Waals surface area contributed by atoms with Crippen molar-refractivity contribution in [1.29, 1.82) is 0 Å². The Kier molecular flexibility index (Phi) is 2.64. The molecule has 1 fully saturated rings. The van der Waals surface area contributed by atoms with Crippen LogP contribution in [0.4, 0.5) is 0 Å². The van der Waals surface area contributed by atoms with Crippen molar-refractivity contribution in [2.24, 2.45) is 0 Å². The summed E-state index contributed by atoms with van der Waals surface area (Å²) in [6.07, 6.45) is 0.724. The summed E-state index contributed by atoms with van der Waals surface area (Å²) < 4.78 is 1.09. The van der Waals surface area contributed by atoms with Gasteiger partial charge in [0.15, 0.2) is 0 Å². The highest BCUT2D eigenvalue weighted by Gasteiger charge is 2.34. The summed E-state index contributed by atoms with van der Waals surface area (Å²) >= 11 is 3.50. The van der Waals surface area contributed by atoms with Crippen LogP contribution in [0.3, 0.4) is 0 Å². The lowest BCUT2D eigenvalue weighted by molar-refractivity contribution is -0.00915. The van der Waals surface area contributed by atoms with Crippen molar-refractivity contribution in [2.45, 2.75) is 18.9 Å². The van der Waals surface area contributed by atoms with Crippen molar-refractivity contribution in [2.75, 3.05) is 13.1 Å². The molecular formula is C11H14BrNO. The number of hydrogen-bond donors (Lipinski definition) is 2. The molecule has 76 valence electrons. The monoisotopic (exact) mass is 255 g/mol. The Bertz CT molecular complexity index is 347. The summed E-state index contributed by atoms with van der Waals surface area (Å²) in [5.74, 6) is 0. The highest BCUT2D eigenvalue weighted by molar-refractivity contribution is 9.10. The van der Waals surface area contributed by atoms with Crippen LogP contribution in [0.2, 0.25) is 0 Å². The minimum Gasteiger partial charge on any atom is -0.387 e. The molecule has 2 N–H and O–H groups in total. The molecule has 2 rings (SSSR count). The van der Waals surface area contributed by atoms with Gasteiger partial charge in [-0.15, -0.1) is 0 Å². The molecule has 1 heterocycles. The minimum atomic E-state index is -0.531. The van der Waals surface area contributed by atoms with Gasteiger partial charge in [0.05, 0.1) is 5.60 Å². The first-order valence-electron chi connectivity index (χ1n) is 4.77. The van der Waals surface area contributed by atoms with Gasteiger partial charge in [0.2, 0.25) is 0 Å². The molecule has 0 atom stereocenters. The number of halogens is 1. The fourth-order valence-electron chi connectivity index (χ4n) is 1.73. The van der Waals surface area contributed by atoms with Crippen LogP contribution in [-0.4, -0.2) is 23.8 Å². The molecule has 1 aliphatic heterocycles. The summed E-state index contributed by atoms with van der Waals surface area (Å²) in [4.78, 5) is 0. The van der Waals surface area contributed by atoms with E-state index in [1.807, 2.05) is 6.07 Å². The molecule has 1 aliphatic rings. The molecule has 0 unspecified atom stereocenters. The third-order valence-corrected chi connectivity index (χ3v) is 3.40. The summed E-state index contributed by atoms with van der Waals surface area (Å²) in [5, 5.41) is 13.1. The molecule has 2 nitrogen and oxygen atoms in total. The SMILES string of the molecule is Cc1ccc(Br)c(CC2(O)CNC2)c1. The summed E-state index contributed by atoms with van der Waals surface area (Å²) in [6, 6.07) is 6.23. The molecule has 0 aliphatic carbocycles. The van der Waals surface area contributed by atoms with E-state index in [1.165, 1.54) is 11.1 Å². The Morgan fingerprint density at radius 2 is 2.21 bits per heavy atom. The van der Waals surface area contributed by atoms with E-state index in [2.05, 4.69) is 40.3 Å². The number of nitrogens with one attached hydrogen (secondary N) is 1. The van der Waals surface area contributed by atoms with Gasteiger partial charge in [-0.25, -0.2) is 0 Å². The van der Waals surface area contributed by atoms with Crippen LogP contribution in [0.1, 0.15) is 11.1 Å². The van der Waals surface area contributed by atoms with E-state index in [0.717, 1.165) is 10.9 Å². The van der Waals surface area contributed by atoms with Gasteiger partial charge < -0.3 is 10.4 Å². The fourth-order valence-corrected chi connectivity index (χ4v) is 2.12. The Morgan fingerprint density at radius 3 is 2.79 bits per heavy atom. The number of β-amino-alcohol motifs (C(OH)–C–C–N with tert-alkyl or cyclic N) is 1. The van der Waals surface area contributed by atoms with Gasteiger partial charge in [-0.2, -0.15) is 0 Å². The molecule has 0 radical (unpaired) electrons. The van der Waals surface area contributed by atoms with E-state index in [0.29, 0.717) is 13.1 Å². The highest BCUT2D eigenvalue weighted by atomic mass is 79.9. The number of aryl methyl sites for hydroxylation is 1. The molecule has 1 saturated heterocycles. The number of hydrogen-bond acceptors (Lipinski definition) is 2. The summed E-state index contributed by atoms with van der Waals surface area (Å²) in [7, 11) is 0. The molecular weight excluding hydrogens is 242 g/mol. The number of rotatable bonds is 2. The molecule has 14 heavy (non-hydrogen) atoms. The van der Waals surface area contributed by atoms with Crippen LogP contribution < -0.4 is 5.32 Å². The average Bonchev–Trinajstić information content (AvgIpc) is 2.09. The zero-order valence-corrected chi connectivity index (χ0v) is 9.76. The Labute approximate surface area is 92.5 Å². The molecule has 0 saturated carbocycles. The second-order valence-corrected chi connectivity index (χ2v) is 4.95. The first-order valence-corrected chi connectivity index (χ1v) is 5.56. The van der Waals surface area contributed by atoms with Gasteiger partial charge in [0.1, 0.15) is 0 Å². The fraction of sp³-hybridized carbons (Fsp3) is 0.455. The molecule has 1 aromatic carbocycles. The van der Waals surface area contributed by atoms with Gasteiger partial charge in [-0.1, -0.05) is 33.6 Å². The van der Waals surface area contributed by atoms with E-state index in [9.17, 15) is 5.11 Å². The molecule has 0 aromatic heterocycles. The Balaban J connectivity index is 2.19. The normalized spacial score (nSPS) is 19.1. The van der Waals surface area contributed by atoms with Gasteiger partial charge in [-0.3, -0.25) is 0 Å². The smallest absolute Gasteiger partial charge is 0.0935 e. The predicted molar refractivity (Wildman–Crippen MR) is 60.4 cm³/mol. The maximum Gasteiger partial charge on any atom is 0.0935 e. The van der Waals surface area contributed by atoms with Gasteiger partial charge in [0, 0.05) is 24.0 Å². The lowest BCUT2D eigenvalue weighted by Crippen LogP contribution is -2.60. The molecule has 0 amide bonds. The van der Waals surface area contributed by atoms with Crippen molar-refractivity contribution >= 4 is 15.9 Å². The van der Waals surface area contributed by atoms with Crippen LogP contribution in [0.15, 0.2) is 22.7 Å². The zero-order valence-electron chi connectivity index (χ0n) is 8.18. The van der Waals surface area contributed by atoms with Crippen molar-refractivity contribution in [3.63, 3.8) is 0 Å². The molecule has 0 spiro atoms. The second-order valence-electron chi connectivity index (χ2n) is 4.10. The zero-order chi connectivity index (χ0) is 10.2. The van der Waals surface area contributed by atoms with Crippen molar-refractivity contribution in [3.05, 3.63) is 33.8 Å². The van der Waals surface area contributed by atoms with Gasteiger partial charge >= 0.3 is 0 Å². The summed E-state index contributed by atoms with van der Waals surface area (Å²) in [6.45, 7) is 3.47. The minimum absolute atomic E-state index is 0.531. The van der Waals surface area contributed by atoms with Crippen LogP contribution in [0.5, 0.6) is 0 Å². The lowest BCUT2D eigenvalue weighted by atomic mass is 9.89. The third-order valence-electron chi connectivity index (χ3n) is 2.63. The molecule has 3 heteroatoms. The Hall–Kier alpha value is -0.380. The maximum atomic E-state index is 10.00. The third kappa shape index (κ3) is 2.00. The molecule has 1 aromatic rings. The first kappa shape index (κ1) is 10.1. The van der Waals surface area contributed by atoms with Crippen LogP contribution >= 0.6 is 15.9 Å². The van der Waals surface area contributed by atoms with Crippen LogP contribution in [-0.2, 0) is 6.42 Å². The number of benzene rings is 1. The van der Waals surface area contributed by atoms with Crippen molar-refractivity contribution in [1.82, 2.24) is 5.32 Å². The van der Waals surface area contributed by atoms with E-state index >= 15 is 0 Å². The largest absolute Gasteiger partial charge is 0.387 e. The maximum absolute atomic E-state index is 10.00. The van der Waals surface area contributed by atoms with E-state index < -0.39 is 5.60 Å². The van der Waals surface area contributed by atoms with E-state index in [1.54, 1.807) is 0 Å². The van der Waals surface area contributed by atoms with E-state index in [-0.39, 0.29) is 0 Å². The summed E-state index contributed by atoms with van der Waals surface area (Å²) in [5.41, 5.74) is 1.89. The van der Waals surface area contributed by atoms with Crippen molar-refractivity contribution < 1.29 is 5.11 Å². The van der Waals surface area contributed by atoms with Gasteiger partial charge in [0.25, 0.3) is 0 Å². The lowest BCUT2D eigenvalue weighted by Gasteiger charge is -2.38. The van der Waals surface area contributed by atoms with Crippen LogP contribution in [0.25, 0.3) is 0 Å². The second kappa shape index (κ2) is 3.65. The Morgan fingerprint density at radius 1 is 1.50 bits per heavy atom. The van der Waals surface area contributed by atoms with Gasteiger partial charge in [-0.05, 0) is 18.6 Å². The quantitative estimate of drug-likeness (QED) is 0.843. The standard InChI is InChI=1S/C11H14BrNO/c1-8-2-3-10(12)9(4-8)5-11(14)6-13-7-11/h2-4,13-14H,5-7H2,1H3. The van der Waals surface area contributed by atoms with E-state index in [4.69, 9.17) is 0 Å². The predicted octanol–water partition coefficient (Wildman–Crippen LogP) is 1.63. The van der Waals surface area contributed by atoms with Crippen molar-refractivity contribution in [3.8, 4) is 0 Å². The molecule has 0 bridgehead atoms. The average molecular weight is 256 g/mol.